The summed E-state index contributed by atoms with van der Waals surface area (Å²) < 4.78 is 4.43. The number of nitrogens with two attached hydrogens (primary N) is 1. The molecule has 0 bridgehead atoms. The highest BCUT2D eigenvalue weighted by Gasteiger charge is 1.96. The third-order valence-corrected chi connectivity index (χ3v) is 1.27. The predicted octanol–water partition coefficient (Wildman–Crippen LogP) is -0.464. The second-order valence-corrected chi connectivity index (χ2v) is 2.41. The number of primary amides is 1. The Balaban J connectivity index is 3.00. The van der Waals surface area contributed by atoms with Gasteiger partial charge in [-0.2, -0.15) is 0 Å². The van der Waals surface area contributed by atoms with Crippen LogP contribution in [0.2, 0.25) is 0 Å². The number of rotatable bonds is 7. The number of hydrogen-bond donors (Lipinski definition) is 3. The lowest BCUT2D eigenvalue weighted by Gasteiger charge is -2.02. The predicted molar refractivity (Wildman–Crippen MR) is 45.3 cm³/mol. The quantitative estimate of drug-likeness (QED) is 0.471. The van der Waals surface area contributed by atoms with E-state index in [1.165, 1.54) is 0 Å². The van der Waals surface area contributed by atoms with Crippen molar-refractivity contribution >= 4 is 12.1 Å². The van der Waals surface area contributed by atoms with Crippen LogP contribution in [0.5, 0.6) is 0 Å². The first-order chi connectivity index (χ1) is 6.13. The smallest absolute Gasteiger partial charge is 0.404 e. The Bertz CT molecular complexity index is 154. The van der Waals surface area contributed by atoms with E-state index in [0.29, 0.717) is 19.5 Å². The highest BCUT2D eigenvalue weighted by Crippen LogP contribution is 1.85. The van der Waals surface area contributed by atoms with E-state index >= 15 is 0 Å². The van der Waals surface area contributed by atoms with Crippen LogP contribution < -0.4 is 11.1 Å². The van der Waals surface area contributed by atoms with Crippen LogP contribution in [0.3, 0.4) is 0 Å². The van der Waals surface area contributed by atoms with Crippen LogP contribution in [0, 0.1) is 0 Å². The summed E-state index contributed by atoms with van der Waals surface area (Å²) in [6, 6.07) is 0. The molecule has 76 valence electrons. The van der Waals surface area contributed by atoms with Gasteiger partial charge < -0.3 is 20.9 Å². The molecule has 1 amide bonds. The van der Waals surface area contributed by atoms with Gasteiger partial charge in [-0.05, 0) is 13.0 Å². The van der Waals surface area contributed by atoms with E-state index < -0.39 is 12.1 Å². The molecule has 0 saturated heterocycles. The van der Waals surface area contributed by atoms with Crippen LogP contribution in [-0.2, 0) is 9.53 Å². The van der Waals surface area contributed by atoms with Gasteiger partial charge in [-0.15, -0.1) is 0 Å². The summed E-state index contributed by atoms with van der Waals surface area (Å²) in [6.45, 7) is 1.29. The van der Waals surface area contributed by atoms with Gasteiger partial charge in [-0.1, -0.05) is 0 Å². The molecule has 0 aliphatic heterocycles. The number of nitrogens with one attached hydrogen (secondary N) is 1. The second-order valence-electron chi connectivity index (χ2n) is 2.41. The van der Waals surface area contributed by atoms with E-state index in [0.717, 1.165) is 0 Å². The Kier molecular flexibility index (Phi) is 6.62. The molecule has 0 aromatic heterocycles. The van der Waals surface area contributed by atoms with Crippen LogP contribution in [0.15, 0.2) is 0 Å². The van der Waals surface area contributed by atoms with Crippen LogP contribution >= 0.6 is 0 Å². The zero-order valence-corrected chi connectivity index (χ0v) is 7.28. The number of carbonyl (C=O) groups is 2. The van der Waals surface area contributed by atoms with Crippen LogP contribution in [0.25, 0.3) is 0 Å². The standard InChI is InChI=1S/C7H14N2O4/c8-7(12)13-5-4-9-3-1-2-6(10)11/h9H,1-5H2,(H2,8,12)(H,10,11). The van der Waals surface area contributed by atoms with Gasteiger partial charge in [-0.25, -0.2) is 4.79 Å². The SMILES string of the molecule is NC(=O)OCCNCCCC(=O)O. The van der Waals surface area contributed by atoms with Crippen molar-refractivity contribution in [1.82, 2.24) is 5.32 Å². The largest absolute Gasteiger partial charge is 0.481 e. The Hall–Kier alpha value is -1.30. The summed E-state index contributed by atoms with van der Waals surface area (Å²) in [5.74, 6) is -0.810. The highest BCUT2D eigenvalue weighted by atomic mass is 16.5. The number of hydrogen-bond acceptors (Lipinski definition) is 4. The van der Waals surface area contributed by atoms with Crippen molar-refractivity contribution in [2.24, 2.45) is 5.73 Å². The summed E-state index contributed by atoms with van der Waals surface area (Å²) >= 11 is 0. The monoisotopic (exact) mass is 190 g/mol. The summed E-state index contributed by atoms with van der Waals surface area (Å²) in [6.07, 6.45) is -0.0948. The minimum Gasteiger partial charge on any atom is -0.481 e. The van der Waals surface area contributed by atoms with Gasteiger partial charge in [0.05, 0.1) is 0 Å². The number of amides is 1. The minimum atomic E-state index is -0.810. The van der Waals surface area contributed by atoms with Gasteiger partial charge in [0.1, 0.15) is 6.61 Å². The number of carbonyl (C=O) groups excluding carboxylic acids is 1. The molecule has 6 nitrogen and oxygen atoms in total. The van der Waals surface area contributed by atoms with Gasteiger partial charge in [-0.3, -0.25) is 4.79 Å². The zero-order valence-electron chi connectivity index (χ0n) is 7.28. The molecule has 0 radical (unpaired) electrons. The van der Waals surface area contributed by atoms with Gasteiger partial charge in [0.2, 0.25) is 0 Å². The fraction of sp³-hybridized carbons (Fsp3) is 0.714. The number of carboxylic acid groups (broad SMARTS) is 1. The molecule has 0 aliphatic carbocycles. The van der Waals surface area contributed by atoms with Crippen molar-refractivity contribution < 1.29 is 19.4 Å². The number of aliphatic carboxylic acids is 1. The van der Waals surface area contributed by atoms with Crippen LogP contribution in [0.1, 0.15) is 12.8 Å². The molecule has 0 rings (SSSR count). The Labute approximate surface area is 76.0 Å². The van der Waals surface area contributed by atoms with Crippen molar-refractivity contribution in [3.8, 4) is 0 Å². The lowest BCUT2D eigenvalue weighted by molar-refractivity contribution is -0.137. The highest BCUT2D eigenvalue weighted by molar-refractivity contribution is 5.66. The van der Waals surface area contributed by atoms with Crippen molar-refractivity contribution in [1.29, 1.82) is 0 Å². The first-order valence-corrected chi connectivity index (χ1v) is 3.97. The van der Waals surface area contributed by atoms with E-state index in [4.69, 9.17) is 10.8 Å². The number of carboxylic acids is 1. The average molecular weight is 190 g/mol. The average Bonchev–Trinajstić information content (AvgIpc) is 2.01. The van der Waals surface area contributed by atoms with Crippen molar-refractivity contribution in [3.63, 3.8) is 0 Å². The maximum absolute atomic E-state index is 10.1. The molecule has 0 saturated carbocycles. The fourth-order valence-electron chi connectivity index (χ4n) is 0.713. The normalized spacial score (nSPS) is 9.54. The van der Waals surface area contributed by atoms with Gasteiger partial charge in [0.15, 0.2) is 0 Å². The summed E-state index contributed by atoms with van der Waals surface area (Å²) in [5.41, 5.74) is 4.71. The Morgan fingerprint density at radius 2 is 2.08 bits per heavy atom. The van der Waals surface area contributed by atoms with Crippen molar-refractivity contribution in [2.75, 3.05) is 19.7 Å². The third kappa shape index (κ3) is 10.7. The molecule has 4 N–H and O–H groups in total. The molecular formula is C7H14N2O4. The Morgan fingerprint density at radius 1 is 1.38 bits per heavy atom. The molecule has 6 heteroatoms. The molecular weight excluding hydrogens is 176 g/mol. The second kappa shape index (κ2) is 7.35. The molecule has 0 unspecified atom stereocenters. The lowest BCUT2D eigenvalue weighted by Crippen LogP contribution is -2.24. The molecule has 0 aliphatic rings. The lowest BCUT2D eigenvalue weighted by atomic mass is 10.3. The molecule has 0 fully saturated rings. The maximum Gasteiger partial charge on any atom is 0.404 e. The molecule has 0 atom stereocenters. The van der Waals surface area contributed by atoms with E-state index in [-0.39, 0.29) is 13.0 Å². The topological polar surface area (TPSA) is 102 Å². The Morgan fingerprint density at radius 3 is 2.62 bits per heavy atom. The zero-order chi connectivity index (χ0) is 10.1. The van der Waals surface area contributed by atoms with Crippen molar-refractivity contribution in [2.45, 2.75) is 12.8 Å². The third-order valence-electron chi connectivity index (χ3n) is 1.27. The van der Waals surface area contributed by atoms with Crippen molar-refractivity contribution in [3.05, 3.63) is 0 Å². The minimum absolute atomic E-state index is 0.143. The molecule has 0 aromatic rings. The van der Waals surface area contributed by atoms with Gasteiger partial charge >= 0.3 is 12.1 Å². The van der Waals surface area contributed by atoms with E-state index in [1.54, 1.807) is 0 Å². The van der Waals surface area contributed by atoms with Crippen LogP contribution in [0.4, 0.5) is 4.79 Å². The molecule has 0 heterocycles. The number of ether oxygens (including phenoxy) is 1. The van der Waals surface area contributed by atoms with Gasteiger partial charge in [0.25, 0.3) is 0 Å². The fourth-order valence-corrected chi connectivity index (χ4v) is 0.713. The van der Waals surface area contributed by atoms with Gasteiger partial charge in [0, 0.05) is 13.0 Å². The summed E-state index contributed by atoms with van der Waals surface area (Å²) in [4.78, 5) is 20.1. The first-order valence-electron chi connectivity index (χ1n) is 3.97. The first kappa shape index (κ1) is 11.7. The summed E-state index contributed by atoms with van der Waals surface area (Å²) in [7, 11) is 0. The molecule has 0 aromatic carbocycles. The summed E-state index contributed by atoms with van der Waals surface area (Å²) in [5, 5.41) is 11.2. The van der Waals surface area contributed by atoms with Crippen LogP contribution in [-0.4, -0.2) is 36.9 Å². The van der Waals surface area contributed by atoms with E-state index in [1.807, 2.05) is 0 Å². The maximum atomic E-state index is 10.1. The van der Waals surface area contributed by atoms with E-state index in [2.05, 4.69) is 10.1 Å². The molecule has 13 heavy (non-hydrogen) atoms. The molecule has 0 spiro atoms. The van der Waals surface area contributed by atoms with E-state index in [9.17, 15) is 9.59 Å².